The zero-order valence-electron chi connectivity index (χ0n) is 17.2. The molecule has 8 heteroatoms. The second kappa shape index (κ2) is 8.17. The summed E-state index contributed by atoms with van der Waals surface area (Å²) in [6, 6.07) is 13.2. The highest BCUT2D eigenvalue weighted by molar-refractivity contribution is 5.79. The SMILES string of the molecule is CC(C)c1ccc(-c2noc(C3CC(=O)N(Cc4ccccc4C(F)(F)F)C3)n2)cc1. The molecule has 1 aliphatic rings. The molecule has 1 atom stereocenters. The Balaban J connectivity index is 1.48. The molecule has 2 aromatic carbocycles. The van der Waals surface area contributed by atoms with E-state index in [-0.39, 0.29) is 36.9 Å². The van der Waals surface area contributed by atoms with Crippen LogP contribution in [0.3, 0.4) is 0 Å². The van der Waals surface area contributed by atoms with Crippen molar-refractivity contribution in [3.63, 3.8) is 0 Å². The molecule has 5 nitrogen and oxygen atoms in total. The van der Waals surface area contributed by atoms with Gasteiger partial charge in [0, 0.05) is 25.1 Å². The van der Waals surface area contributed by atoms with Crippen LogP contribution in [0, 0.1) is 0 Å². The number of nitrogens with zero attached hydrogens (tertiary/aromatic N) is 3. The average molecular weight is 429 g/mol. The third kappa shape index (κ3) is 4.47. The number of carbonyl (C=O) groups excluding carboxylic acids is 1. The summed E-state index contributed by atoms with van der Waals surface area (Å²) in [6.45, 7) is 4.34. The van der Waals surface area contributed by atoms with Crippen molar-refractivity contribution in [2.24, 2.45) is 0 Å². The number of rotatable bonds is 5. The van der Waals surface area contributed by atoms with Crippen LogP contribution in [0.15, 0.2) is 53.1 Å². The number of hydrogen-bond acceptors (Lipinski definition) is 4. The lowest BCUT2D eigenvalue weighted by Gasteiger charge is -2.19. The van der Waals surface area contributed by atoms with Crippen LogP contribution < -0.4 is 0 Å². The second-order valence-electron chi connectivity index (χ2n) is 8.06. The van der Waals surface area contributed by atoms with Crippen molar-refractivity contribution in [3.8, 4) is 11.4 Å². The van der Waals surface area contributed by atoms with Gasteiger partial charge in [0.15, 0.2) is 0 Å². The fraction of sp³-hybridized carbons (Fsp3) is 0.348. The number of amides is 1. The molecular formula is C23H22F3N3O2. The molecule has 2 heterocycles. The maximum Gasteiger partial charge on any atom is 0.416 e. The minimum atomic E-state index is -4.47. The summed E-state index contributed by atoms with van der Waals surface area (Å²) >= 11 is 0. The predicted octanol–water partition coefficient (Wildman–Crippen LogP) is 5.39. The molecule has 1 fully saturated rings. The van der Waals surface area contributed by atoms with Gasteiger partial charge in [0.2, 0.25) is 17.6 Å². The van der Waals surface area contributed by atoms with Gasteiger partial charge in [-0.25, -0.2) is 0 Å². The molecule has 31 heavy (non-hydrogen) atoms. The predicted molar refractivity (Wildman–Crippen MR) is 108 cm³/mol. The third-order valence-electron chi connectivity index (χ3n) is 5.52. The van der Waals surface area contributed by atoms with E-state index >= 15 is 0 Å². The molecule has 1 amide bonds. The van der Waals surface area contributed by atoms with Gasteiger partial charge in [-0.15, -0.1) is 0 Å². The molecular weight excluding hydrogens is 407 g/mol. The van der Waals surface area contributed by atoms with Crippen molar-refractivity contribution in [2.45, 2.75) is 44.8 Å². The first-order valence-electron chi connectivity index (χ1n) is 10.1. The Hall–Kier alpha value is -3.16. The quantitative estimate of drug-likeness (QED) is 0.545. The summed E-state index contributed by atoms with van der Waals surface area (Å²) in [6.07, 6.45) is -4.34. The maximum absolute atomic E-state index is 13.3. The molecule has 0 spiro atoms. The van der Waals surface area contributed by atoms with Gasteiger partial charge in [-0.2, -0.15) is 18.2 Å². The molecule has 4 rings (SSSR count). The van der Waals surface area contributed by atoms with Crippen molar-refractivity contribution < 1.29 is 22.5 Å². The van der Waals surface area contributed by atoms with E-state index in [1.165, 1.54) is 28.7 Å². The highest BCUT2D eigenvalue weighted by Crippen LogP contribution is 2.35. The van der Waals surface area contributed by atoms with Gasteiger partial charge in [-0.1, -0.05) is 61.5 Å². The molecule has 1 saturated heterocycles. The molecule has 1 unspecified atom stereocenters. The van der Waals surface area contributed by atoms with Gasteiger partial charge >= 0.3 is 6.18 Å². The lowest BCUT2D eigenvalue weighted by atomic mass is 10.0. The van der Waals surface area contributed by atoms with Crippen LogP contribution in [-0.4, -0.2) is 27.5 Å². The van der Waals surface area contributed by atoms with Crippen LogP contribution in [0.2, 0.25) is 0 Å². The van der Waals surface area contributed by atoms with E-state index < -0.39 is 11.7 Å². The third-order valence-corrected chi connectivity index (χ3v) is 5.52. The Kier molecular flexibility index (Phi) is 5.56. The topological polar surface area (TPSA) is 59.2 Å². The molecule has 3 aromatic rings. The van der Waals surface area contributed by atoms with E-state index in [9.17, 15) is 18.0 Å². The molecule has 162 valence electrons. The van der Waals surface area contributed by atoms with Crippen LogP contribution in [-0.2, 0) is 17.5 Å². The fourth-order valence-corrected chi connectivity index (χ4v) is 3.77. The number of benzene rings is 2. The van der Waals surface area contributed by atoms with Gasteiger partial charge in [-0.05, 0) is 23.1 Å². The van der Waals surface area contributed by atoms with Crippen molar-refractivity contribution in [1.29, 1.82) is 0 Å². The number of carbonyl (C=O) groups is 1. The highest BCUT2D eigenvalue weighted by Gasteiger charge is 2.37. The van der Waals surface area contributed by atoms with Gasteiger partial charge in [0.05, 0.1) is 11.5 Å². The Morgan fingerprint density at radius 1 is 1.13 bits per heavy atom. The Bertz CT molecular complexity index is 1070. The first-order valence-corrected chi connectivity index (χ1v) is 10.1. The Morgan fingerprint density at radius 2 is 1.84 bits per heavy atom. The first kappa shape index (κ1) is 21.1. The zero-order chi connectivity index (χ0) is 22.2. The van der Waals surface area contributed by atoms with Crippen LogP contribution in [0.25, 0.3) is 11.4 Å². The van der Waals surface area contributed by atoms with Gasteiger partial charge in [0.1, 0.15) is 0 Å². The van der Waals surface area contributed by atoms with Crippen LogP contribution in [0.4, 0.5) is 13.2 Å². The fourth-order valence-electron chi connectivity index (χ4n) is 3.77. The highest BCUT2D eigenvalue weighted by atomic mass is 19.4. The number of likely N-dealkylation sites (tertiary alicyclic amines) is 1. The molecule has 0 saturated carbocycles. The van der Waals surface area contributed by atoms with Crippen LogP contribution in [0.1, 0.15) is 54.7 Å². The summed E-state index contributed by atoms with van der Waals surface area (Å²) in [7, 11) is 0. The normalized spacial score (nSPS) is 17.0. The number of alkyl halides is 3. The standard InChI is InChI=1S/C23H22F3N3O2/c1-14(2)15-7-9-16(10-8-15)21-27-22(31-28-21)18-11-20(30)29(13-18)12-17-5-3-4-6-19(17)23(24,25)26/h3-10,14,18H,11-13H2,1-2H3. The molecule has 0 bridgehead atoms. The van der Waals surface area contributed by atoms with Crippen molar-refractivity contribution >= 4 is 5.91 Å². The zero-order valence-corrected chi connectivity index (χ0v) is 17.2. The van der Waals surface area contributed by atoms with E-state index in [1.807, 2.05) is 24.3 Å². The smallest absolute Gasteiger partial charge is 0.339 e. The van der Waals surface area contributed by atoms with Crippen LogP contribution >= 0.6 is 0 Å². The number of halogens is 3. The largest absolute Gasteiger partial charge is 0.416 e. The Morgan fingerprint density at radius 3 is 2.52 bits per heavy atom. The van der Waals surface area contributed by atoms with Crippen LogP contribution in [0.5, 0.6) is 0 Å². The van der Waals surface area contributed by atoms with E-state index in [0.29, 0.717) is 17.6 Å². The van der Waals surface area contributed by atoms with Gasteiger partial charge in [-0.3, -0.25) is 4.79 Å². The van der Waals surface area contributed by atoms with Crippen molar-refractivity contribution in [1.82, 2.24) is 15.0 Å². The first-order chi connectivity index (χ1) is 14.7. The summed E-state index contributed by atoms with van der Waals surface area (Å²) in [5.41, 5.74) is 1.35. The summed E-state index contributed by atoms with van der Waals surface area (Å²) in [5.74, 6) is 0.583. The van der Waals surface area contributed by atoms with Gasteiger partial charge in [0.25, 0.3) is 0 Å². The maximum atomic E-state index is 13.3. The average Bonchev–Trinajstić information content (AvgIpc) is 3.35. The Labute approximate surface area is 177 Å². The van der Waals surface area contributed by atoms with E-state index in [1.54, 1.807) is 0 Å². The summed E-state index contributed by atoms with van der Waals surface area (Å²) in [5, 5.41) is 4.02. The molecule has 0 aliphatic carbocycles. The summed E-state index contributed by atoms with van der Waals surface area (Å²) in [4.78, 5) is 18.3. The molecule has 1 aliphatic heterocycles. The molecule has 1 aromatic heterocycles. The minimum absolute atomic E-state index is 0.0699. The molecule has 0 N–H and O–H groups in total. The van der Waals surface area contributed by atoms with Gasteiger partial charge < -0.3 is 9.42 Å². The molecule has 0 radical (unpaired) electrons. The van der Waals surface area contributed by atoms with E-state index in [4.69, 9.17) is 4.52 Å². The summed E-state index contributed by atoms with van der Waals surface area (Å²) < 4.78 is 45.2. The number of hydrogen-bond donors (Lipinski definition) is 0. The van der Waals surface area contributed by atoms with E-state index in [2.05, 4.69) is 24.0 Å². The minimum Gasteiger partial charge on any atom is -0.339 e. The number of aromatic nitrogens is 2. The van der Waals surface area contributed by atoms with Crippen molar-refractivity contribution in [2.75, 3.05) is 6.54 Å². The lowest BCUT2D eigenvalue weighted by molar-refractivity contribution is -0.139. The van der Waals surface area contributed by atoms with E-state index in [0.717, 1.165) is 11.6 Å². The monoisotopic (exact) mass is 429 g/mol. The lowest BCUT2D eigenvalue weighted by Crippen LogP contribution is -2.26. The van der Waals surface area contributed by atoms with Crippen molar-refractivity contribution in [3.05, 3.63) is 71.1 Å². The second-order valence-corrected chi connectivity index (χ2v) is 8.06.